The van der Waals surface area contributed by atoms with Crippen LogP contribution in [0, 0.1) is 11.3 Å². The minimum atomic E-state index is -4.50. The molecule has 0 fully saturated rings. The monoisotopic (exact) mass is 373 g/mol. The number of rotatable bonds is 4. The molecule has 27 heavy (non-hydrogen) atoms. The lowest BCUT2D eigenvalue weighted by Crippen LogP contribution is -2.27. The fraction of sp³-hybridized carbons (Fsp3) is 0.167. The van der Waals surface area contributed by atoms with E-state index in [1.54, 1.807) is 29.1 Å². The van der Waals surface area contributed by atoms with Crippen LogP contribution in [0.3, 0.4) is 0 Å². The smallest absolute Gasteiger partial charge is 0.328 e. The highest BCUT2D eigenvalue weighted by molar-refractivity contribution is 5.97. The van der Waals surface area contributed by atoms with Crippen LogP contribution >= 0.6 is 0 Å². The molecule has 138 valence electrons. The lowest BCUT2D eigenvalue weighted by molar-refractivity contribution is -0.137. The van der Waals surface area contributed by atoms with Gasteiger partial charge in [-0.1, -0.05) is 6.07 Å². The largest absolute Gasteiger partial charge is 0.416 e. The first-order valence-corrected chi connectivity index (χ1v) is 7.84. The molecule has 0 aliphatic heterocycles. The van der Waals surface area contributed by atoms with Crippen LogP contribution < -0.4 is 0 Å². The number of hydrogen-bond donors (Lipinski definition) is 0. The van der Waals surface area contributed by atoms with Crippen LogP contribution in [0.1, 0.15) is 15.9 Å². The first-order chi connectivity index (χ1) is 12.8. The summed E-state index contributed by atoms with van der Waals surface area (Å²) in [5, 5.41) is 12.9. The van der Waals surface area contributed by atoms with E-state index >= 15 is 0 Å². The quantitative estimate of drug-likeness (QED) is 0.659. The maximum atomic E-state index is 13.1. The predicted octanol–water partition coefficient (Wildman–Crippen LogP) is 3.28. The van der Waals surface area contributed by atoms with Gasteiger partial charge in [0.05, 0.1) is 23.5 Å². The van der Waals surface area contributed by atoms with Gasteiger partial charge in [0.25, 0.3) is 5.91 Å². The van der Waals surface area contributed by atoms with Gasteiger partial charge in [-0.05, 0) is 30.3 Å². The summed E-state index contributed by atoms with van der Waals surface area (Å²) < 4.78 is 42.0. The van der Waals surface area contributed by atoms with E-state index in [2.05, 4.69) is 5.10 Å². The van der Waals surface area contributed by atoms with E-state index in [-0.39, 0.29) is 23.6 Å². The van der Waals surface area contributed by atoms with E-state index in [0.717, 1.165) is 12.1 Å². The maximum absolute atomic E-state index is 13.1. The molecule has 6 nitrogen and oxygen atoms in total. The van der Waals surface area contributed by atoms with Gasteiger partial charge in [0, 0.05) is 19.4 Å². The molecule has 0 saturated heterocycles. The van der Waals surface area contributed by atoms with Crippen LogP contribution in [-0.4, -0.2) is 38.7 Å². The number of amides is 1. The van der Waals surface area contributed by atoms with Gasteiger partial charge in [-0.15, -0.1) is 0 Å². The van der Waals surface area contributed by atoms with Crippen molar-refractivity contribution in [1.82, 2.24) is 19.2 Å². The first kappa shape index (κ1) is 18.3. The molecule has 1 amide bonds. The number of hydrogen-bond acceptors (Lipinski definition) is 3. The van der Waals surface area contributed by atoms with Crippen molar-refractivity contribution < 1.29 is 18.0 Å². The van der Waals surface area contributed by atoms with Crippen LogP contribution in [0.2, 0.25) is 0 Å². The van der Waals surface area contributed by atoms with E-state index < -0.39 is 17.6 Å². The van der Waals surface area contributed by atoms with Gasteiger partial charge in [0.1, 0.15) is 12.1 Å². The predicted molar refractivity (Wildman–Crippen MR) is 90.5 cm³/mol. The Morgan fingerprint density at radius 2 is 1.96 bits per heavy atom. The number of aromatic nitrogens is 3. The van der Waals surface area contributed by atoms with Crippen molar-refractivity contribution in [2.24, 2.45) is 0 Å². The van der Waals surface area contributed by atoms with Crippen LogP contribution in [0.15, 0.2) is 55.0 Å². The Bertz CT molecular complexity index is 999. The zero-order valence-electron chi connectivity index (χ0n) is 14.2. The molecule has 0 spiro atoms. The number of carbonyl (C=O) groups excluding carboxylic acids is 1. The molecule has 9 heteroatoms. The van der Waals surface area contributed by atoms with E-state index in [1.165, 1.54) is 35.0 Å². The molecule has 0 unspecified atom stereocenters. The Hall–Kier alpha value is -3.54. The Morgan fingerprint density at radius 3 is 2.59 bits per heavy atom. The average molecular weight is 373 g/mol. The van der Waals surface area contributed by atoms with Gasteiger partial charge >= 0.3 is 6.18 Å². The van der Waals surface area contributed by atoms with E-state index in [9.17, 15) is 18.0 Å². The molecule has 0 saturated carbocycles. The highest BCUT2D eigenvalue weighted by atomic mass is 19.4. The Labute approximate surface area is 152 Å². The van der Waals surface area contributed by atoms with Gasteiger partial charge in [0.15, 0.2) is 5.82 Å². The minimum absolute atomic E-state index is 0.126. The molecule has 3 aromatic rings. The van der Waals surface area contributed by atoms with Crippen LogP contribution in [0.4, 0.5) is 13.2 Å². The SMILES string of the molecule is CN(CC#N)C(=O)c1cnn(-c2cccc(C(F)(F)F)c2)c1-n1cccc1. The molecule has 0 N–H and O–H groups in total. The standard InChI is InChI=1S/C18H14F3N5O/c1-24(10-7-22)17(27)15-12-23-26(16(15)25-8-2-3-9-25)14-6-4-5-13(11-14)18(19,20)21/h2-6,8-9,11-12H,10H2,1H3. The summed E-state index contributed by atoms with van der Waals surface area (Å²) in [7, 11) is 1.46. The summed E-state index contributed by atoms with van der Waals surface area (Å²) in [5.74, 6) is -0.174. The molecule has 2 heterocycles. The van der Waals surface area contributed by atoms with Crippen molar-refractivity contribution in [2.75, 3.05) is 13.6 Å². The fourth-order valence-corrected chi connectivity index (χ4v) is 2.60. The third-order valence-corrected chi connectivity index (χ3v) is 3.90. The number of benzene rings is 1. The summed E-state index contributed by atoms with van der Waals surface area (Å²) >= 11 is 0. The van der Waals surface area contributed by atoms with Crippen molar-refractivity contribution >= 4 is 5.91 Å². The zero-order chi connectivity index (χ0) is 19.6. The number of carbonyl (C=O) groups is 1. The van der Waals surface area contributed by atoms with E-state index in [0.29, 0.717) is 0 Å². The van der Waals surface area contributed by atoms with Crippen LogP contribution in [0.5, 0.6) is 0 Å². The zero-order valence-corrected chi connectivity index (χ0v) is 14.2. The summed E-state index contributed by atoms with van der Waals surface area (Å²) in [6.45, 7) is -0.126. The second-order valence-corrected chi connectivity index (χ2v) is 5.75. The third kappa shape index (κ3) is 3.55. The van der Waals surface area contributed by atoms with Crippen molar-refractivity contribution in [3.8, 4) is 17.6 Å². The van der Waals surface area contributed by atoms with Gasteiger partial charge in [-0.2, -0.15) is 23.5 Å². The van der Waals surface area contributed by atoms with Crippen molar-refractivity contribution in [1.29, 1.82) is 5.26 Å². The summed E-state index contributed by atoms with van der Waals surface area (Å²) in [4.78, 5) is 13.9. The molecule has 0 aliphatic rings. The fourth-order valence-electron chi connectivity index (χ4n) is 2.60. The molecular weight excluding hydrogens is 359 g/mol. The second-order valence-electron chi connectivity index (χ2n) is 5.75. The third-order valence-electron chi connectivity index (χ3n) is 3.90. The van der Waals surface area contributed by atoms with Crippen molar-refractivity contribution in [3.63, 3.8) is 0 Å². The highest BCUT2D eigenvalue weighted by Gasteiger charge is 2.31. The van der Waals surface area contributed by atoms with E-state index in [1.807, 2.05) is 6.07 Å². The number of nitrogens with zero attached hydrogens (tertiary/aromatic N) is 5. The second kappa shape index (κ2) is 6.99. The summed E-state index contributed by atoms with van der Waals surface area (Å²) in [6.07, 6.45) is 0.0959. The average Bonchev–Trinajstić information content (AvgIpc) is 3.29. The molecule has 0 radical (unpaired) electrons. The molecule has 3 rings (SSSR count). The molecule has 0 aliphatic carbocycles. The molecular formula is C18H14F3N5O. The molecule has 0 atom stereocenters. The minimum Gasteiger partial charge on any atom is -0.328 e. The van der Waals surface area contributed by atoms with Crippen molar-refractivity contribution in [2.45, 2.75) is 6.18 Å². The lowest BCUT2D eigenvalue weighted by Gasteiger charge is -2.15. The van der Waals surface area contributed by atoms with Gasteiger partial charge in [-0.3, -0.25) is 4.79 Å². The van der Waals surface area contributed by atoms with Crippen LogP contribution in [-0.2, 0) is 6.18 Å². The Morgan fingerprint density at radius 1 is 1.26 bits per heavy atom. The molecule has 2 aromatic heterocycles. The normalized spacial score (nSPS) is 11.2. The number of nitriles is 1. The highest BCUT2D eigenvalue weighted by Crippen LogP contribution is 2.31. The Balaban J connectivity index is 2.16. The first-order valence-electron chi connectivity index (χ1n) is 7.84. The van der Waals surface area contributed by atoms with Gasteiger partial charge in [0.2, 0.25) is 0 Å². The summed E-state index contributed by atoms with van der Waals surface area (Å²) in [6, 6.07) is 10.0. The van der Waals surface area contributed by atoms with Gasteiger partial charge < -0.3 is 9.47 Å². The number of alkyl halides is 3. The molecule has 0 bridgehead atoms. The maximum Gasteiger partial charge on any atom is 0.416 e. The van der Waals surface area contributed by atoms with Gasteiger partial charge in [-0.25, -0.2) is 4.68 Å². The molecule has 1 aromatic carbocycles. The number of halogens is 3. The van der Waals surface area contributed by atoms with Crippen LogP contribution in [0.25, 0.3) is 11.5 Å². The Kier molecular flexibility index (Phi) is 4.73. The lowest BCUT2D eigenvalue weighted by atomic mass is 10.2. The van der Waals surface area contributed by atoms with Crippen molar-refractivity contribution in [3.05, 3.63) is 66.1 Å². The van der Waals surface area contributed by atoms with E-state index in [4.69, 9.17) is 5.26 Å². The topological polar surface area (TPSA) is 66.8 Å². The summed E-state index contributed by atoms with van der Waals surface area (Å²) in [5.41, 5.74) is -0.486.